The number of thioether (sulfide) groups is 2. The second-order valence-electron chi connectivity index (χ2n) is 2.57. The van der Waals surface area contributed by atoms with Gasteiger partial charge in [0.15, 0.2) is 0 Å². The van der Waals surface area contributed by atoms with E-state index in [4.69, 9.17) is 0 Å². The summed E-state index contributed by atoms with van der Waals surface area (Å²) >= 11 is 7.37. The molecule has 0 aromatic rings. The average Bonchev–Trinajstić information content (AvgIpc) is 2.45. The Morgan fingerprint density at radius 1 is 1.82 bits per heavy atom. The van der Waals surface area contributed by atoms with E-state index in [1.807, 2.05) is 23.5 Å². The Kier molecular flexibility index (Phi) is 2.39. The van der Waals surface area contributed by atoms with Crippen LogP contribution in [0.4, 0.5) is 0 Å². The van der Waals surface area contributed by atoms with E-state index in [0.29, 0.717) is 10.7 Å². The summed E-state index contributed by atoms with van der Waals surface area (Å²) in [5, 5.41) is 8.92. The van der Waals surface area contributed by atoms with Crippen LogP contribution in [-0.2, 0) is 0 Å². The van der Waals surface area contributed by atoms with Crippen molar-refractivity contribution in [1.82, 2.24) is 5.01 Å². The lowest BCUT2D eigenvalue weighted by molar-refractivity contribution is 0.292. The van der Waals surface area contributed by atoms with Gasteiger partial charge in [0.2, 0.25) is 0 Å². The molecule has 0 aliphatic carbocycles. The van der Waals surface area contributed by atoms with Crippen molar-refractivity contribution in [3.05, 3.63) is 0 Å². The number of hydrogen-bond acceptors (Lipinski definition) is 4. The van der Waals surface area contributed by atoms with Gasteiger partial charge in [-0.15, -0.1) is 11.8 Å². The first-order valence-electron chi connectivity index (χ1n) is 3.49. The van der Waals surface area contributed by atoms with Crippen LogP contribution in [0.5, 0.6) is 0 Å². The number of nitrogens with zero attached hydrogens (tertiary/aromatic N) is 2. The molecule has 11 heavy (non-hydrogen) atoms. The Morgan fingerprint density at radius 3 is 3.36 bits per heavy atom. The van der Waals surface area contributed by atoms with Crippen molar-refractivity contribution in [2.45, 2.75) is 17.7 Å². The van der Waals surface area contributed by atoms with Crippen LogP contribution < -0.4 is 0 Å². The van der Waals surface area contributed by atoms with E-state index >= 15 is 0 Å². The summed E-state index contributed by atoms with van der Waals surface area (Å²) in [6.07, 6.45) is 0. The number of rotatable bonds is 1. The highest BCUT2D eigenvalue weighted by Crippen LogP contribution is 2.42. The normalized spacial score (nSPS) is 35.8. The summed E-state index contributed by atoms with van der Waals surface area (Å²) in [5.41, 5.74) is 0. The monoisotopic (exact) mass is 252 g/mol. The molecule has 2 atom stereocenters. The molecule has 62 valence electrons. The molecular formula is C6H9BrN2S2. The summed E-state index contributed by atoms with van der Waals surface area (Å²) < 4.78 is 0.567. The molecule has 0 aromatic heterocycles. The van der Waals surface area contributed by atoms with E-state index < -0.39 is 0 Å². The molecule has 0 radical (unpaired) electrons. The molecule has 2 unspecified atom stereocenters. The van der Waals surface area contributed by atoms with E-state index in [-0.39, 0.29) is 0 Å². The first-order valence-corrected chi connectivity index (χ1v) is 6.54. The van der Waals surface area contributed by atoms with Crippen molar-refractivity contribution >= 4 is 44.5 Å². The number of hydrogen-bond donors (Lipinski definition) is 0. The summed E-state index contributed by atoms with van der Waals surface area (Å²) in [6.45, 7) is 2.08. The third-order valence-corrected chi connectivity index (χ3v) is 5.09. The second-order valence-corrected chi connectivity index (χ2v) is 5.90. The minimum absolute atomic E-state index is 0.567. The van der Waals surface area contributed by atoms with Gasteiger partial charge in [-0.1, -0.05) is 27.7 Å². The lowest BCUT2D eigenvalue weighted by Gasteiger charge is -2.17. The summed E-state index contributed by atoms with van der Waals surface area (Å²) in [5.74, 6) is 1.21. The standard InChI is InChI=1S/C6H9BrN2S2/c1-4-8-9-5(2-7)3-10-6(9)11-4/h5-6H,2-3H2,1H3. The fraction of sp³-hybridized carbons (Fsp3) is 0.833. The first-order chi connectivity index (χ1) is 5.31. The van der Waals surface area contributed by atoms with E-state index in [1.165, 1.54) is 10.8 Å². The van der Waals surface area contributed by atoms with Gasteiger partial charge in [-0.05, 0) is 6.92 Å². The molecule has 2 heterocycles. The largest absolute Gasteiger partial charge is 0.268 e. The topological polar surface area (TPSA) is 15.6 Å². The lowest BCUT2D eigenvalue weighted by Crippen LogP contribution is -2.28. The number of hydrazone groups is 1. The summed E-state index contributed by atoms with van der Waals surface area (Å²) in [7, 11) is 0. The smallest absolute Gasteiger partial charge is 0.144 e. The molecule has 0 spiro atoms. The maximum absolute atomic E-state index is 4.46. The van der Waals surface area contributed by atoms with E-state index in [0.717, 1.165) is 5.33 Å². The van der Waals surface area contributed by atoms with Gasteiger partial charge in [0.1, 0.15) is 4.71 Å². The molecule has 0 N–H and O–H groups in total. The highest BCUT2D eigenvalue weighted by Gasteiger charge is 2.37. The quantitative estimate of drug-likeness (QED) is 0.666. The Labute approximate surface area is 83.3 Å². The lowest BCUT2D eigenvalue weighted by atomic mass is 10.4. The van der Waals surface area contributed by atoms with Gasteiger partial charge in [0, 0.05) is 11.1 Å². The maximum atomic E-state index is 4.46. The van der Waals surface area contributed by atoms with Crippen LogP contribution in [0, 0.1) is 0 Å². The van der Waals surface area contributed by atoms with Gasteiger partial charge in [-0.2, -0.15) is 5.10 Å². The maximum Gasteiger partial charge on any atom is 0.144 e. The van der Waals surface area contributed by atoms with Crippen LogP contribution in [0.2, 0.25) is 0 Å². The zero-order valence-electron chi connectivity index (χ0n) is 6.16. The molecule has 1 fully saturated rings. The molecular weight excluding hydrogens is 244 g/mol. The van der Waals surface area contributed by atoms with Crippen molar-refractivity contribution in [1.29, 1.82) is 0 Å². The summed E-state index contributed by atoms with van der Waals surface area (Å²) in [6, 6.07) is 0.606. The Morgan fingerprint density at radius 2 is 2.64 bits per heavy atom. The third-order valence-electron chi connectivity index (χ3n) is 1.73. The Balaban J connectivity index is 2.11. The fourth-order valence-electron chi connectivity index (χ4n) is 1.18. The van der Waals surface area contributed by atoms with Crippen LogP contribution >= 0.6 is 39.5 Å². The predicted octanol–water partition coefficient (Wildman–Crippen LogP) is 2.16. The van der Waals surface area contributed by atoms with Crippen LogP contribution in [-0.4, -0.2) is 31.9 Å². The number of halogens is 1. The van der Waals surface area contributed by atoms with E-state index in [2.05, 4.69) is 33.0 Å². The predicted molar refractivity (Wildman–Crippen MR) is 56.4 cm³/mol. The SMILES string of the molecule is CC1=NN2C(CBr)CSC2S1. The van der Waals surface area contributed by atoms with Crippen LogP contribution in [0.3, 0.4) is 0 Å². The molecule has 5 heteroatoms. The van der Waals surface area contributed by atoms with Crippen LogP contribution in [0.25, 0.3) is 0 Å². The third kappa shape index (κ3) is 1.42. The van der Waals surface area contributed by atoms with Crippen molar-refractivity contribution in [3.63, 3.8) is 0 Å². The van der Waals surface area contributed by atoms with Gasteiger partial charge in [-0.3, -0.25) is 5.01 Å². The van der Waals surface area contributed by atoms with E-state index in [1.54, 1.807) is 0 Å². The van der Waals surface area contributed by atoms with Crippen LogP contribution in [0.15, 0.2) is 5.10 Å². The first kappa shape index (κ1) is 8.26. The molecule has 0 aromatic carbocycles. The molecule has 2 nitrogen and oxygen atoms in total. The van der Waals surface area contributed by atoms with Gasteiger partial charge in [0.05, 0.1) is 11.1 Å². The highest BCUT2D eigenvalue weighted by atomic mass is 79.9. The zero-order valence-corrected chi connectivity index (χ0v) is 9.38. The van der Waals surface area contributed by atoms with Gasteiger partial charge >= 0.3 is 0 Å². The molecule has 0 amide bonds. The molecule has 1 saturated heterocycles. The molecule has 0 bridgehead atoms. The van der Waals surface area contributed by atoms with Gasteiger partial charge in [0.25, 0.3) is 0 Å². The van der Waals surface area contributed by atoms with Gasteiger partial charge < -0.3 is 0 Å². The van der Waals surface area contributed by atoms with Crippen molar-refractivity contribution in [3.8, 4) is 0 Å². The van der Waals surface area contributed by atoms with Crippen molar-refractivity contribution in [2.75, 3.05) is 11.1 Å². The van der Waals surface area contributed by atoms with Gasteiger partial charge in [-0.25, -0.2) is 0 Å². The average molecular weight is 253 g/mol. The molecule has 2 aliphatic heterocycles. The molecule has 2 aliphatic rings. The minimum Gasteiger partial charge on any atom is -0.268 e. The van der Waals surface area contributed by atoms with Crippen LogP contribution in [0.1, 0.15) is 6.92 Å². The van der Waals surface area contributed by atoms with Crippen molar-refractivity contribution in [2.24, 2.45) is 5.10 Å². The zero-order chi connectivity index (χ0) is 7.84. The minimum atomic E-state index is 0.567. The fourth-order valence-corrected chi connectivity index (χ4v) is 4.73. The summed E-state index contributed by atoms with van der Waals surface area (Å²) in [4.78, 5) is 0. The Bertz CT molecular complexity index is 197. The Hall–Kier alpha value is 0.650. The highest BCUT2D eigenvalue weighted by molar-refractivity contribution is 9.09. The second kappa shape index (κ2) is 3.18. The number of fused-ring (bicyclic) bond motifs is 1. The molecule has 2 rings (SSSR count). The number of alkyl halides is 1. The van der Waals surface area contributed by atoms with E-state index in [9.17, 15) is 0 Å². The molecule has 0 saturated carbocycles. The van der Waals surface area contributed by atoms with Crippen molar-refractivity contribution < 1.29 is 0 Å².